The van der Waals surface area contributed by atoms with Crippen LogP contribution < -0.4 is 0 Å². The molecule has 1 spiro atoms. The Morgan fingerprint density at radius 1 is 1.42 bits per heavy atom. The Morgan fingerprint density at radius 2 is 2.21 bits per heavy atom. The highest BCUT2D eigenvalue weighted by Gasteiger charge is 2.66. The smallest absolute Gasteiger partial charge is 0.230 e. The van der Waals surface area contributed by atoms with Gasteiger partial charge in [0.25, 0.3) is 0 Å². The van der Waals surface area contributed by atoms with Crippen LogP contribution in [-0.2, 0) is 20.9 Å². The Hall–Kier alpha value is -2.28. The van der Waals surface area contributed by atoms with E-state index in [1.807, 2.05) is 19.1 Å². The summed E-state index contributed by atoms with van der Waals surface area (Å²) in [5, 5.41) is 0. The molecule has 126 valence electrons. The van der Waals surface area contributed by atoms with E-state index in [9.17, 15) is 9.59 Å². The molecule has 0 unspecified atom stereocenters. The van der Waals surface area contributed by atoms with Gasteiger partial charge < -0.3 is 14.5 Å². The number of rotatable bonds is 3. The number of hydrogen-bond acceptors (Lipinski definition) is 5. The first-order chi connectivity index (χ1) is 11.4. The quantitative estimate of drug-likeness (QED) is 0.739. The lowest BCUT2D eigenvalue weighted by Crippen LogP contribution is -2.43. The number of fused-ring (bicyclic) bond motifs is 1. The molecule has 2 amide bonds. The first-order valence-electron chi connectivity index (χ1n) is 8.06. The Bertz CT molecular complexity index is 730. The van der Waals surface area contributed by atoms with E-state index in [1.165, 1.54) is 4.90 Å². The van der Waals surface area contributed by atoms with Gasteiger partial charge in [0.2, 0.25) is 11.8 Å². The number of ether oxygens (including phenoxy) is 1. The minimum absolute atomic E-state index is 0.0376. The highest BCUT2D eigenvalue weighted by atomic mass is 16.5. The van der Waals surface area contributed by atoms with Crippen molar-refractivity contribution in [3.8, 4) is 0 Å². The summed E-state index contributed by atoms with van der Waals surface area (Å²) in [5.74, 6) is -0.974. The number of hydrogen-bond donors (Lipinski definition) is 0. The minimum Gasteiger partial charge on any atom is -0.360 e. The van der Waals surface area contributed by atoms with Crippen molar-refractivity contribution < 1.29 is 14.3 Å². The number of aromatic nitrogens is 2. The van der Waals surface area contributed by atoms with Gasteiger partial charge in [0.05, 0.1) is 48.6 Å². The Balaban J connectivity index is 1.60. The molecular formula is C17H20N4O3. The van der Waals surface area contributed by atoms with Gasteiger partial charge in [-0.1, -0.05) is 12.2 Å². The molecule has 0 aromatic carbocycles. The van der Waals surface area contributed by atoms with Crippen molar-refractivity contribution in [1.82, 2.24) is 19.8 Å². The first kappa shape index (κ1) is 15.3. The monoisotopic (exact) mass is 328 g/mol. The number of nitrogens with zero attached hydrogens (tertiary/aromatic N) is 4. The van der Waals surface area contributed by atoms with Gasteiger partial charge in [-0.3, -0.25) is 19.6 Å². The number of likely N-dealkylation sites (tertiary alicyclic amines) is 1. The lowest BCUT2D eigenvalue weighted by Gasteiger charge is -2.25. The van der Waals surface area contributed by atoms with E-state index >= 15 is 0 Å². The van der Waals surface area contributed by atoms with Crippen LogP contribution in [0.4, 0.5) is 0 Å². The fourth-order valence-electron chi connectivity index (χ4n) is 3.99. The Labute approximate surface area is 140 Å². The molecule has 2 saturated heterocycles. The summed E-state index contributed by atoms with van der Waals surface area (Å²) in [4.78, 5) is 37.3. The standard InChI is InChI=1S/C17H20N4O3/c1-10-6-19-11(7-18-10)8-21-9-17-5-4-12(24-17)13(14(17)16(21)23)15(22)20(2)3/h4-7,12-14H,8-9H2,1-3H3/t12-,13-,14-,17-/m0/s1. The molecule has 1 aromatic heterocycles. The number of carbonyl (C=O) groups is 2. The van der Waals surface area contributed by atoms with Crippen LogP contribution in [-0.4, -0.2) is 63.9 Å². The summed E-state index contributed by atoms with van der Waals surface area (Å²) in [5.41, 5.74) is 0.902. The van der Waals surface area contributed by atoms with Crippen LogP contribution >= 0.6 is 0 Å². The second-order valence-corrected chi connectivity index (χ2v) is 6.98. The molecule has 7 nitrogen and oxygen atoms in total. The van der Waals surface area contributed by atoms with Crippen LogP contribution in [0.25, 0.3) is 0 Å². The SMILES string of the molecule is Cc1cnc(CN2C[C@]34C=C[C@H](O3)[C@H](C(=O)N(C)C)[C@H]4C2=O)cn1. The molecule has 24 heavy (non-hydrogen) atoms. The van der Waals surface area contributed by atoms with E-state index in [0.717, 1.165) is 11.4 Å². The summed E-state index contributed by atoms with van der Waals surface area (Å²) in [7, 11) is 3.42. The molecule has 3 aliphatic heterocycles. The lowest BCUT2D eigenvalue weighted by molar-refractivity contribution is -0.141. The molecular weight excluding hydrogens is 308 g/mol. The van der Waals surface area contributed by atoms with Gasteiger partial charge in [0, 0.05) is 20.3 Å². The van der Waals surface area contributed by atoms with Gasteiger partial charge in [-0.05, 0) is 6.92 Å². The Morgan fingerprint density at radius 3 is 2.88 bits per heavy atom. The van der Waals surface area contributed by atoms with E-state index in [0.29, 0.717) is 13.1 Å². The molecule has 0 aliphatic carbocycles. The van der Waals surface area contributed by atoms with Gasteiger partial charge in [0.1, 0.15) is 5.60 Å². The molecule has 0 radical (unpaired) electrons. The summed E-state index contributed by atoms with van der Waals surface area (Å²) in [6.07, 6.45) is 6.96. The number of amides is 2. The molecule has 2 fully saturated rings. The third-order valence-electron chi connectivity index (χ3n) is 5.09. The van der Waals surface area contributed by atoms with Gasteiger partial charge in [-0.25, -0.2) is 0 Å². The van der Waals surface area contributed by atoms with Crippen LogP contribution in [0.2, 0.25) is 0 Å². The maximum Gasteiger partial charge on any atom is 0.230 e. The normalized spacial score (nSPS) is 33.2. The van der Waals surface area contributed by atoms with Gasteiger partial charge in [-0.2, -0.15) is 0 Å². The highest BCUT2D eigenvalue weighted by molar-refractivity contribution is 5.92. The fraction of sp³-hybridized carbons (Fsp3) is 0.529. The highest BCUT2D eigenvalue weighted by Crippen LogP contribution is 2.52. The summed E-state index contributed by atoms with van der Waals surface area (Å²) in [6.45, 7) is 2.71. The van der Waals surface area contributed by atoms with Crippen LogP contribution in [0.1, 0.15) is 11.4 Å². The molecule has 4 heterocycles. The van der Waals surface area contributed by atoms with Gasteiger partial charge >= 0.3 is 0 Å². The van der Waals surface area contributed by atoms with Crippen LogP contribution in [0.3, 0.4) is 0 Å². The molecule has 0 saturated carbocycles. The predicted molar refractivity (Wildman–Crippen MR) is 84.6 cm³/mol. The minimum atomic E-state index is -0.670. The zero-order valence-corrected chi connectivity index (χ0v) is 14.0. The van der Waals surface area contributed by atoms with Crippen molar-refractivity contribution in [3.05, 3.63) is 35.9 Å². The van der Waals surface area contributed by atoms with Crippen LogP contribution in [0, 0.1) is 18.8 Å². The van der Waals surface area contributed by atoms with Crippen molar-refractivity contribution >= 4 is 11.8 Å². The van der Waals surface area contributed by atoms with Crippen molar-refractivity contribution in [2.45, 2.75) is 25.2 Å². The number of carbonyl (C=O) groups excluding carboxylic acids is 2. The average molecular weight is 328 g/mol. The van der Waals surface area contributed by atoms with E-state index in [1.54, 1.807) is 31.4 Å². The molecule has 7 heteroatoms. The van der Waals surface area contributed by atoms with Crippen LogP contribution in [0.15, 0.2) is 24.5 Å². The Kier molecular flexibility index (Phi) is 3.25. The van der Waals surface area contributed by atoms with Gasteiger partial charge in [0.15, 0.2) is 0 Å². The second kappa shape index (κ2) is 5.11. The maximum atomic E-state index is 13.0. The number of aryl methyl sites for hydroxylation is 1. The van der Waals surface area contributed by atoms with E-state index in [4.69, 9.17) is 4.74 Å². The predicted octanol–water partition coefficient (Wildman–Crippen LogP) is 0.155. The third-order valence-corrected chi connectivity index (χ3v) is 5.09. The molecule has 1 aromatic rings. The first-order valence-corrected chi connectivity index (χ1v) is 8.06. The summed E-state index contributed by atoms with van der Waals surface area (Å²) in [6, 6.07) is 0. The molecule has 0 N–H and O–H groups in total. The van der Waals surface area contributed by atoms with Crippen molar-refractivity contribution in [2.24, 2.45) is 11.8 Å². The zero-order chi connectivity index (χ0) is 17.1. The average Bonchev–Trinajstić information content (AvgIpc) is 3.17. The molecule has 4 rings (SSSR count). The maximum absolute atomic E-state index is 13.0. The lowest BCUT2D eigenvalue weighted by atomic mass is 9.76. The van der Waals surface area contributed by atoms with Crippen molar-refractivity contribution in [2.75, 3.05) is 20.6 Å². The largest absolute Gasteiger partial charge is 0.360 e. The van der Waals surface area contributed by atoms with Crippen LogP contribution in [0.5, 0.6) is 0 Å². The zero-order valence-electron chi connectivity index (χ0n) is 14.0. The second-order valence-electron chi connectivity index (χ2n) is 6.98. The topological polar surface area (TPSA) is 75.6 Å². The molecule has 4 atom stereocenters. The fourth-order valence-corrected chi connectivity index (χ4v) is 3.99. The van der Waals surface area contributed by atoms with Crippen molar-refractivity contribution in [3.63, 3.8) is 0 Å². The summed E-state index contributed by atoms with van der Waals surface area (Å²) >= 11 is 0. The van der Waals surface area contributed by atoms with Crippen molar-refractivity contribution in [1.29, 1.82) is 0 Å². The van der Waals surface area contributed by atoms with E-state index in [-0.39, 0.29) is 17.9 Å². The van der Waals surface area contributed by atoms with Gasteiger partial charge in [-0.15, -0.1) is 0 Å². The summed E-state index contributed by atoms with van der Waals surface area (Å²) < 4.78 is 6.07. The van der Waals surface area contributed by atoms with E-state index < -0.39 is 17.4 Å². The third kappa shape index (κ3) is 2.07. The molecule has 3 aliphatic rings. The van der Waals surface area contributed by atoms with E-state index in [2.05, 4.69) is 9.97 Å². The molecule has 2 bridgehead atoms.